The molecular formula is C11H19N3. The number of nitrogens with one attached hydrogen (secondary N) is 1. The summed E-state index contributed by atoms with van der Waals surface area (Å²) >= 11 is 0. The molecule has 1 N–H and O–H groups in total. The quantitative estimate of drug-likeness (QED) is 0.730. The topological polar surface area (TPSA) is 39.1 Å². The van der Waals surface area contributed by atoms with E-state index in [2.05, 4.69) is 23.3 Å². The first-order chi connectivity index (χ1) is 6.79. The molecule has 2 fully saturated rings. The first-order valence-corrected chi connectivity index (χ1v) is 5.63. The van der Waals surface area contributed by atoms with Crippen molar-refractivity contribution in [3.05, 3.63) is 0 Å². The Morgan fingerprint density at radius 3 is 2.57 bits per heavy atom. The van der Waals surface area contributed by atoms with Gasteiger partial charge in [0.2, 0.25) is 0 Å². The second-order valence-corrected chi connectivity index (χ2v) is 4.65. The molecule has 3 heteroatoms. The Morgan fingerprint density at radius 1 is 1.36 bits per heavy atom. The van der Waals surface area contributed by atoms with E-state index in [-0.39, 0.29) is 0 Å². The Hall–Kier alpha value is -0.590. The van der Waals surface area contributed by atoms with Crippen LogP contribution in [0.25, 0.3) is 0 Å². The van der Waals surface area contributed by atoms with Gasteiger partial charge in [0.25, 0.3) is 0 Å². The van der Waals surface area contributed by atoms with Crippen LogP contribution in [0.4, 0.5) is 0 Å². The molecule has 0 spiro atoms. The lowest BCUT2D eigenvalue weighted by Crippen LogP contribution is -2.47. The normalized spacial score (nSPS) is 35.9. The molecule has 2 aliphatic rings. The fourth-order valence-corrected chi connectivity index (χ4v) is 2.80. The fraction of sp³-hybridized carbons (Fsp3) is 0.909. The van der Waals surface area contributed by atoms with E-state index in [4.69, 9.17) is 5.26 Å². The van der Waals surface area contributed by atoms with Gasteiger partial charge in [0, 0.05) is 31.1 Å². The van der Waals surface area contributed by atoms with Crippen LogP contribution in [0.2, 0.25) is 0 Å². The minimum atomic E-state index is 0.662. The van der Waals surface area contributed by atoms with Crippen LogP contribution in [0, 0.1) is 11.3 Å². The standard InChI is InChI=1S/C11H19N3/c1-14(6-2-5-12)11-7-9-3-4-10(8-11)13-9/h9-11,13H,2-4,6-8H2,1H3. The predicted octanol–water partition coefficient (Wildman–Crippen LogP) is 1.11. The van der Waals surface area contributed by atoms with Crippen molar-refractivity contribution in [2.75, 3.05) is 13.6 Å². The lowest BCUT2D eigenvalue weighted by Gasteiger charge is -2.35. The van der Waals surface area contributed by atoms with Gasteiger partial charge in [-0.15, -0.1) is 0 Å². The first-order valence-electron chi connectivity index (χ1n) is 5.63. The van der Waals surface area contributed by atoms with Crippen molar-refractivity contribution in [1.29, 1.82) is 5.26 Å². The highest BCUT2D eigenvalue weighted by Gasteiger charge is 2.34. The number of fused-ring (bicyclic) bond motifs is 2. The molecule has 0 aromatic heterocycles. The summed E-state index contributed by atoms with van der Waals surface area (Å²) in [6, 6.07) is 4.43. The Labute approximate surface area is 86.1 Å². The predicted molar refractivity (Wildman–Crippen MR) is 55.8 cm³/mol. The number of nitrogens with zero attached hydrogens (tertiary/aromatic N) is 2. The fourth-order valence-electron chi connectivity index (χ4n) is 2.80. The van der Waals surface area contributed by atoms with Crippen molar-refractivity contribution < 1.29 is 0 Å². The van der Waals surface area contributed by atoms with Gasteiger partial charge in [0.15, 0.2) is 0 Å². The molecular weight excluding hydrogens is 174 g/mol. The minimum Gasteiger partial charge on any atom is -0.311 e. The maximum absolute atomic E-state index is 8.54. The zero-order valence-corrected chi connectivity index (χ0v) is 8.87. The zero-order valence-electron chi connectivity index (χ0n) is 8.87. The average molecular weight is 193 g/mol. The summed E-state index contributed by atoms with van der Waals surface area (Å²) in [5.41, 5.74) is 0. The molecule has 2 rings (SSSR count). The lowest BCUT2D eigenvalue weighted by atomic mass is 9.98. The number of piperidine rings is 1. The third kappa shape index (κ3) is 2.08. The molecule has 0 aliphatic carbocycles. The van der Waals surface area contributed by atoms with Gasteiger partial charge < -0.3 is 10.2 Å². The molecule has 2 unspecified atom stereocenters. The number of nitriles is 1. The SMILES string of the molecule is CN(CCC#N)C1CC2CCC(C1)N2. The van der Waals surface area contributed by atoms with Gasteiger partial charge in [-0.05, 0) is 32.7 Å². The van der Waals surface area contributed by atoms with E-state index in [1.807, 2.05) is 0 Å². The molecule has 0 amide bonds. The van der Waals surface area contributed by atoms with Crippen LogP contribution in [-0.2, 0) is 0 Å². The van der Waals surface area contributed by atoms with Crippen molar-refractivity contribution in [3.63, 3.8) is 0 Å². The van der Waals surface area contributed by atoms with Crippen LogP contribution in [0.1, 0.15) is 32.1 Å². The highest BCUT2D eigenvalue weighted by atomic mass is 15.2. The summed E-state index contributed by atoms with van der Waals surface area (Å²) in [6.45, 7) is 0.931. The van der Waals surface area contributed by atoms with Gasteiger partial charge in [0.1, 0.15) is 0 Å². The van der Waals surface area contributed by atoms with Gasteiger partial charge >= 0.3 is 0 Å². The lowest BCUT2D eigenvalue weighted by molar-refractivity contribution is 0.175. The second kappa shape index (κ2) is 4.29. The average Bonchev–Trinajstić information content (AvgIpc) is 2.54. The highest BCUT2D eigenvalue weighted by Crippen LogP contribution is 2.29. The second-order valence-electron chi connectivity index (χ2n) is 4.65. The van der Waals surface area contributed by atoms with Crippen LogP contribution >= 0.6 is 0 Å². The smallest absolute Gasteiger partial charge is 0.0635 e. The summed E-state index contributed by atoms with van der Waals surface area (Å²) in [7, 11) is 2.16. The molecule has 2 atom stereocenters. The molecule has 2 heterocycles. The van der Waals surface area contributed by atoms with E-state index in [1.54, 1.807) is 0 Å². The van der Waals surface area contributed by atoms with Gasteiger partial charge in [0.05, 0.1) is 6.07 Å². The van der Waals surface area contributed by atoms with E-state index in [9.17, 15) is 0 Å². The molecule has 14 heavy (non-hydrogen) atoms. The molecule has 0 saturated carbocycles. The summed E-state index contributed by atoms with van der Waals surface area (Å²) in [5.74, 6) is 0. The van der Waals surface area contributed by atoms with E-state index < -0.39 is 0 Å². The van der Waals surface area contributed by atoms with E-state index in [0.29, 0.717) is 12.5 Å². The maximum atomic E-state index is 8.54. The molecule has 0 aromatic carbocycles. The minimum absolute atomic E-state index is 0.662. The summed E-state index contributed by atoms with van der Waals surface area (Å²) in [4.78, 5) is 2.37. The van der Waals surface area contributed by atoms with Gasteiger partial charge in [-0.3, -0.25) is 0 Å². The largest absolute Gasteiger partial charge is 0.311 e. The summed E-state index contributed by atoms with van der Waals surface area (Å²) < 4.78 is 0. The van der Waals surface area contributed by atoms with Gasteiger partial charge in [-0.2, -0.15) is 5.26 Å². The van der Waals surface area contributed by atoms with Crippen LogP contribution < -0.4 is 5.32 Å². The zero-order chi connectivity index (χ0) is 9.97. The van der Waals surface area contributed by atoms with Crippen molar-refractivity contribution in [3.8, 4) is 6.07 Å². The summed E-state index contributed by atoms with van der Waals surface area (Å²) in [5, 5.41) is 12.2. The van der Waals surface area contributed by atoms with E-state index in [1.165, 1.54) is 25.7 Å². The molecule has 0 radical (unpaired) electrons. The van der Waals surface area contributed by atoms with Crippen LogP contribution in [0.5, 0.6) is 0 Å². The van der Waals surface area contributed by atoms with Crippen LogP contribution in [0.3, 0.4) is 0 Å². The Balaban J connectivity index is 1.83. The third-order valence-corrected chi connectivity index (χ3v) is 3.65. The third-order valence-electron chi connectivity index (χ3n) is 3.65. The van der Waals surface area contributed by atoms with E-state index in [0.717, 1.165) is 18.6 Å². The monoisotopic (exact) mass is 193 g/mol. The number of rotatable bonds is 3. The Kier molecular flexibility index (Phi) is 3.05. The Bertz CT molecular complexity index is 221. The number of hydrogen-bond acceptors (Lipinski definition) is 3. The van der Waals surface area contributed by atoms with Gasteiger partial charge in [-0.1, -0.05) is 0 Å². The van der Waals surface area contributed by atoms with Crippen LogP contribution in [-0.4, -0.2) is 36.6 Å². The molecule has 3 nitrogen and oxygen atoms in total. The van der Waals surface area contributed by atoms with Crippen molar-refractivity contribution in [1.82, 2.24) is 10.2 Å². The molecule has 2 aliphatic heterocycles. The summed E-state index contributed by atoms with van der Waals surface area (Å²) in [6.07, 6.45) is 5.92. The molecule has 2 saturated heterocycles. The van der Waals surface area contributed by atoms with Crippen molar-refractivity contribution in [2.24, 2.45) is 0 Å². The molecule has 78 valence electrons. The van der Waals surface area contributed by atoms with E-state index >= 15 is 0 Å². The van der Waals surface area contributed by atoms with Crippen LogP contribution in [0.15, 0.2) is 0 Å². The molecule has 2 bridgehead atoms. The van der Waals surface area contributed by atoms with Gasteiger partial charge in [-0.25, -0.2) is 0 Å². The molecule has 0 aromatic rings. The number of hydrogen-bond donors (Lipinski definition) is 1. The first kappa shape index (κ1) is 9.95. The Morgan fingerprint density at radius 2 is 2.00 bits per heavy atom. The maximum Gasteiger partial charge on any atom is 0.0635 e. The highest BCUT2D eigenvalue weighted by molar-refractivity contribution is 4.95. The van der Waals surface area contributed by atoms with Crippen molar-refractivity contribution in [2.45, 2.75) is 50.2 Å². The van der Waals surface area contributed by atoms with Crippen molar-refractivity contribution >= 4 is 0 Å².